The molecule has 0 atom stereocenters. The van der Waals surface area contributed by atoms with Crippen molar-refractivity contribution in [1.29, 1.82) is 0 Å². The molecule has 0 unspecified atom stereocenters. The molecule has 4 rings (SSSR count). The fraction of sp³-hybridized carbons (Fsp3) is 0.250. The number of nitrogens with zero attached hydrogens (tertiary/aromatic N) is 3. The van der Waals surface area contributed by atoms with Crippen LogP contribution < -0.4 is 0 Å². The molecule has 0 bridgehead atoms. The lowest BCUT2D eigenvalue weighted by Gasteiger charge is -2.03. The molecular weight excluding hydrogens is 286 g/mol. The van der Waals surface area contributed by atoms with E-state index in [9.17, 15) is 0 Å². The number of hydrogen-bond donors (Lipinski definition) is 0. The maximum Gasteiger partial charge on any atom is 0.157 e. The van der Waals surface area contributed by atoms with Crippen molar-refractivity contribution in [2.24, 2.45) is 0 Å². The zero-order valence-electron chi connectivity index (χ0n) is 11.4. The van der Waals surface area contributed by atoms with Crippen molar-refractivity contribution < 1.29 is 4.52 Å². The Balaban J connectivity index is 1.56. The highest BCUT2D eigenvalue weighted by molar-refractivity contribution is 6.30. The van der Waals surface area contributed by atoms with Crippen LogP contribution in [0.4, 0.5) is 0 Å². The van der Waals surface area contributed by atoms with Gasteiger partial charge in [-0.05, 0) is 25.0 Å². The molecule has 0 amide bonds. The van der Waals surface area contributed by atoms with Crippen LogP contribution in [0.25, 0.3) is 11.3 Å². The predicted molar refractivity (Wildman–Crippen MR) is 80.3 cm³/mol. The third-order valence-corrected chi connectivity index (χ3v) is 3.97. The molecule has 5 heteroatoms. The summed E-state index contributed by atoms with van der Waals surface area (Å²) in [6.07, 6.45) is 6.33. The molecule has 1 saturated carbocycles. The van der Waals surface area contributed by atoms with E-state index in [4.69, 9.17) is 16.1 Å². The average Bonchev–Trinajstić information content (AvgIpc) is 3.05. The summed E-state index contributed by atoms with van der Waals surface area (Å²) >= 11 is 5.90. The van der Waals surface area contributed by atoms with Gasteiger partial charge in [-0.2, -0.15) is 0 Å². The van der Waals surface area contributed by atoms with E-state index < -0.39 is 0 Å². The molecule has 0 spiro atoms. The second-order valence-corrected chi connectivity index (χ2v) is 5.81. The van der Waals surface area contributed by atoms with Gasteiger partial charge in [-0.15, -0.1) is 0 Å². The summed E-state index contributed by atoms with van der Waals surface area (Å²) < 4.78 is 7.59. The Labute approximate surface area is 127 Å². The quantitative estimate of drug-likeness (QED) is 0.728. The summed E-state index contributed by atoms with van der Waals surface area (Å²) in [5, 5.41) is 4.85. The Morgan fingerprint density at radius 1 is 1.24 bits per heavy atom. The Morgan fingerprint density at radius 3 is 2.81 bits per heavy atom. The minimum atomic E-state index is 0.624. The monoisotopic (exact) mass is 299 g/mol. The van der Waals surface area contributed by atoms with E-state index in [2.05, 4.69) is 14.7 Å². The molecule has 2 aromatic heterocycles. The molecule has 0 radical (unpaired) electrons. The van der Waals surface area contributed by atoms with Crippen molar-refractivity contribution in [3.8, 4) is 11.3 Å². The standard InChI is InChI=1S/C16H14ClN3O/c17-13-5-3-11(4-6-13)15-9-14(21-19-15)10-20-8-7-18-16(20)12-1-2-12/h3-9,12H,1-2,10H2. The first-order valence-electron chi connectivity index (χ1n) is 7.02. The maximum atomic E-state index is 5.90. The van der Waals surface area contributed by atoms with Gasteiger partial charge in [-0.3, -0.25) is 0 Å². The number of benzene rings is 1. The van der Waals surface area contributed by atoms with E-state index >= 15 is 0 Å². The van der Waals surface area contributed by atoms with Crippen LogP contribution in [0, 0.1) is 0 Å². The first kappa shape index (κ1) is 12.7. The molecule has 1 aromatic carbocycles. The van der Waals surface area contributed by atoms with Gasteiger partial charge in [0, 0.05) is 35.0 Å². The van der Waals surface area contributed by atoms with E-state index in [0.717, 1.165) is 27.9 Å². The number of hydrogen-bond acceptors (Lipinski definition) is 3. The van der Waals surface area contributed by atoms with Crippen LogP contribution in [0.15, 0.2) is 47.2 Å². The van der Waals surface area contributed by atoms with Gasteiger partial charge in [0.2, 0.25) is 0 Å². The average molecular weight is 300 g/mol. The Kier molecular flexibility index (Phi) is 3.04. The van der Waals surface area contributed by atoms with Gasteiger partial charge < -0.3 is 9.09 Å². The molecule has 3 aromatic rings. The van der Waals surface area contributed by atoms with Crippen molar-refractivity contribution >= 4 is 11.6 Å². The van der Waals surface area contributed by atoms with Crippen molar-refractivity contribution in [2.75, 3.05) is 0 Å². The fourth-order valence-corrected chi connectivity index (χ4v) is 2.59. The van der Waals surface area contributed by atoms with Gasteiger partial charge in [-0.1, -0.05) is 28.9 Å². The van der Waals surface area contributed by atoms with Crippen LogP contribution in [0.5, 0.6) is 0 Å². The van der Waals surface area contributed by atoms with Gasteiger partial charge in [0.15, 0.2) is 5.76 Å². The van der Waals surface area contributed by atoms with Gasteiger partial charge in [0.05, 0.1) is 6.54 Å². The molecule has 0 N–H and O–H groups in total. The second-order valence-electron chi connectivity index (χ2n) is 5.37. The number of aromatic nitrogens is 3. The number of rotatable bonds is 4. The second kappa shape index (κ2) is 5.04. The molecule has 0 saturated heterocycles. The summed E-state index contributed by atoms with van der Waals surface area (Å²) in [5.41, 5.74) is 1.83. The summed E-state index contributed by atoms with van der Waals surface area (Å²) in [4.78, 5) is 4.44. The van der Waals surface area contributed by atoms with Gasteiger partial charge in [0.25, 0.3) is 0 Å². The number of imidazole rings is 1. The SMILES string of the molecule is Clc1ccc(-c2cc(Cn3ccnc3C3CC3)on2)cc1. The first-order chi connectivity index (χ1) is 10.3. The zero-order chi connectivity index (χ0) is 14.2. The predicted octanol–water partition coefficient (Wildman–Crippen LogP) is 4.12. The van der Waals surface area contributed by atoms with E-state index in [-0.39, 0.29) is 0 Å². The zero-order valence-corrected chi connectivity index (χ0v) is 12.1. The Hall–Kier alpha value is -2.07. The van der Waals surface area contributed by atoms with Gasteiger partial charge >= 0.3 is 0 Å². The first-order valence-corrected chi connectivity index (χ1v) is 7.40. The van der Waals surface area contributed by atoms with Crippen LogP contribution in [-0.4, -0.2) is 14.7 Å². The van der Waals surface area contributed by atoms with Crippen LogP contribution in [0.1, 0.15) is 30.3 Å². The topological polar surface area (TPSA) is 43.9 Å². The van der Waals surface area contributed by atoms with E-state index in [0.29, 0.717) is 12.5 Å². The minimum Gasteiger partial charge on any atom is -0.359 e. The molecule has 4 nitrogen and oxygen atoms in total. The Bertz CT molecular complexity index is 756. The molecule has 21 heavy (non-hydrogen) atoms. The summed E-state index contributed by atoms with van der Waals surface area (Å²) in [6.45, 7) is 0.673. The molecule has 1 aliphatic carbocycles. The fourth-order valence-electron chi connectivity index (χ4n) is 2.47. The molecular formula is C16H14ClN3O. The maximum absolute atomic E-state index is 5.90. The number of halogens is 1. The highest BCUT2D eigenvalue weighted by Gasteiger charge is 2.28. The van der Waals surface area contributed by atoms with Crippen LogP contribution in [-0.2, 0) is 6.54 Å². The van der Waals surface area contributed by atoms with E-state index in [1.807, 2.05) is 42.7 Å². The lowest BCUT2D eigenvalue weighted by Crippen LogP contribution is -2.02. The van der Waals surface area contributed by atoms with E-state index in [1.165, 1.54) is 12.8 Å². The lowest BCUT2D eigenvalue weighted by molar-refractivity contribution is 0.376. The third-order valence-electron chi connectivity index (χ3n) is 3.72. The molecule has 106 valence electrons. The summed E-state index contributed by atoms with van der Waals surface area (Å²) in [7, 11) is 0. The molecule has 1 fully saturated rings. The van der Waals surface area contributed by atoms with Crippen molar-refractivity contribution in [3.63, 3.8) is 0 Å². The normalized spacial score (nSPS) is 14.5. The third kappa shape index (κ3) is 2.59. The van der Waals surface area contributed by atoms with Crippen LogP contribution >= 0.6 is 11.6 Å². The minimum absolute atomic E-state index is 0.624. The summed E-state index contributed by atoms with van der Waals surface area (Å²) in [6, 6.07) is 9.56. The highest BCUT2D eigenvalue weighted by Crippen LogP contribution is 2.39. The molecule has 1 aliphatic rings. The Morgan fingerprint density at radius 2 is 2.05 bits per heavy atom. The lowest BCUT2D eigenvalue weighted by atomic mass is 10.1. The van der Waals surface area contributed by atoms with E-state index in [1.54, 1.807) is 0 Å². The largest absolute Gasteiger partial charge is 0.359 e. The van der Waals surface area contributed by atoms with Crippen molar-refractivity contribution in [3.05, 3.63) is 59.3 Å². The van der Waals surface area contributed by atoms with Gasteiger partial charge in [0.1, 0.15) is 11.5 Å². The van der Waals surface area contributed by atoms with Crippen molar-refractivity contribution in [2.45, 2.75) is 25.3 Å². The smallest absolute Gasteiger partial charge is 0.157 e. The molecule has 0 aliphatic heterocycles. The summed E-state index contributed by atoms with van der Waals surface area (Å²) in [5.74, 6) is 2.61. The molecule has 2 heterocycles. The highest BCUT2D eigenvalue weighted by atomic mass is 35.5. The van der Waals surface area contributed by atoms with Gasteiger partial charge in [-0.25, -0.2) is 4.98 Å². The van der Waals surface area contributed by atoms with Crippen LogP contribution in [0.2, 0.25) is 5.02 Å². The van der Waals surface area contributed by atoms with Crippen LogP contribution in [0.3, 0.4) is 0 Å². The van der Waals surface area contributed by atoms with Crippen molar-refractivity contribution in [1.82, 2.24) is 14.7 Å².